The van der Waals surface area contributed by atoms with Gasteiger partial charge in [0, 0.05) is 6.04 Å². The fraction of sp³-hybridized carbons (Fsp3) is 0.625. The Morgan fingerprint density at radius 3 is 2.47 bits per heavy atom. The molecule has 0 saturated heterocycles. The summed E-state index contributed by atoms with van der Waals surface area (Å²) >= 11 is 6.23. The van der Waals surface area contributed by atoms with Crippen molar-refractivity contribution in [2.24, 2.45) is 5.41 Å². The molecule has 3 heteroatoms. The molecule has 0 saturated carbocycles. The zero-order valence-corrected chi connectivity index (χ0v) is 13.5. The Labute approximate surface area is 122 Å². The zero-order chi connectivity index (χ0) is 14.5. The van der Waals surface area contributed by atoms with Gasteiger partial charge in [0.05, 0.1) is 12.1 Å². The third-order valence-electron chi connectivity index (χ3n) is 3.04. The number of hydrogen-bond donors (Lipinski definition) is 1. The number of rotatable bonds is 6. The highest BCUT2D eigenvalue weighted by Crippen LogP contribution is 2.33. The average Bonchev–Trinajstić information content (AvgIpc) is 2.33. The summed E-state index contributed by atoms with van der Waals surface area (Å²) in [6, 6.07) is 6.40. The van der Waals surface area contributed by atoms with Gasteiger partial charge >= 0.3 is 0 Å². The number of benzene rings is 1. The fourth-order valence-electron chi connectivity index (χ4n) is 2.14. The minimum Gasteiger partial charge on any atom is -0.495 e. The quantitative estimate of drug-likeness (QED) is 0.808. The second-order valence-corrected chi connectivity index (χ2v) is 6.57. The number of ether oxygens (including phenoxy) is 1. The van der Waals surface area contributed by atoms with Gasteiger partial charge in [-0.3, -0.25) is 0 Å². The SMILES string of the molecule is CCCNC(CC(C)(C)C)c1ccc(OC)c(Cl)c1. The van der Waals surface area contributed by atoms with Gasteiger partial charge in [0.25, 0.3) is 0 Å². The highest BCUT2D eigenvalue weighted by Gasteiger charge is 2.20. The second-order valence-electron chi connectivity index (χ2n) is 6.17. The minimum atomic E-state index is 0.276. The maximum atomic E-state index is 6.23. The van der Waals surface area contributed by atoms with Crippen molar-refractivity contribution in [3.05, 3.63) is 28.8 Å². The first-order valence-corrected chi connectivity index (χ1v) is 7.32. The van der Waals surface area contributed by atoms with Crippen molar-refractivity contribution in [2.75, 3.05) is 13.7 Å². The first-order chi connectivity index (χ1) is 8.87. The van der Waals surface area contributed by atoms with E-state index in [2.05, 4.69) is 39.1 Å². The predicted octanol–water partition coefficient (Wildman–Crippen LogP) is 4.83. The van der Waals surface area contributed by atoms with Gasteiger partial charge in [-0.05, 0) is 42.5 Å². The van der Waals surface area contributed by atoms with Gasteiger partial charge in [-0.25, -0.2) is 0 Å². The second kappa shape index (κ2) is 7.16. The molecule has 0 aliphatic heterocycles. The molecule has 2 nitrogen and oxygen atoms in total. The predicted molar refractivity (Wildman–Crippen MR) is 83.1 cm³/mol. The van der Waals surface area contributed by atoms with Crippen LogP contribution in [0.5, 0.6) is 5.75 Å². The minimum absolute atomic E-state index is 0.276. The van der Waals surface area contributed by atoms with E-state index in [1.165, 1.54) is 5.56 Å². The lowest BCUT2D eigenvalue weighted by Crippen LogP contribution is -2.26. The van der Waals surface area contributed by atoms with Gasteiger partial charge in [-0.2, -0.15) is 0 Å². The molecule has 1 unspecified atom stereocenters. The first kappa shape index (κ1) is 16.3. The van der Waals surface area contributed by atoms with Gasteiger partial charge in [0.15, 0.2) is 0 Å². The Morgan fingerprint density at radius 1 is 1.32 bits per heavy atom. The van der Waals surface area contributed by atoms with Crippen LogP contribution in [0, 0.1) is 5.41 Å². The van der Waals surface area contributed by atoms with E-state index in [-0.39, 0.29) is 5.41 Å². The highest BCUT2D eigenvalue weighted by molar-refractivity contribution is 6.32. The van der Waals surface area contributed by atoms with Crippen LogP contribution in [0.4, 0.5) is 0 Å². The molecule has 0 fully saturated rings. The summed E-state index contributed by atoms with van der Waals surface area (Å²) < 4.78 is 5.21. The molecule has 1 aromatic rings. The van der Waals surface area contributed by atoms with Crippen LogP contribution >= 0.6 is 11.6 Å². The molecule has 1 N–H and O–H groups in total. The lowest BCUT2D eigenvalue weighted by atomic mass is 9.85. The van der Waals surface area contributed by atoms with Crippen molar-refractivity contribution in [3.63, 3.8) is 0 Å². The van der Waals surface area contributed by atoms with E-state index in [1.54, 1.807) is 7.11 Å². The summed E-state index contributed by atoms with van der Waals surface area (Å²) in [4.78, 5) is 0. The van der Waals surface area contributed by atoms with E-state index >= 15 is 0 Å². The maximum absolute atomic E-state index is 6.23. The third kappa shape index (κ3) is 5.42. The number of methoxy groups -OCH3 is 1. The van der Waals surface area contributed by atoms with Gasteiger partial charge < -0.3 is 10.1 Å². The van der Waals surface area contributed by atoms with Crippen LogP contribution in [-0.2, 0) is 0 Å². The number of hydrogen-bond acceptors (Lipinski definition) is 2. The largest absolute Gasteiger partial charge is 0.495 e. The van der Waals surface area contributed by atoms with Gasteiger partial charge in [-0.15, -0.1) is 0 Å². The lowest BCUT2D eigenvalue weighted by Gasteiger charge is -2.27. The van der Waals surface area contributed by atoms with Crippen LogP contribution in [0.25, 0.3) is 0 Å². The first-order valence-electron chi connectivity index (χ1n) is 6.94. The molecule has 0 aliphatic carbocycles. The van der Waals surface area contributed by atoms with Gasteiger partial charge in [0.1, 0.15) is 5.75 Å². The monoisotopic (exact) mass is 283 g/mol. The van der Waals surface area contributed by atoms with E-state index in [4.69, 9.17) is 16.3 Å². The molecular formula is C16H26ClNO. The zero-order valence-electron chi connectivity index (χ0n) is 12.7. The summed E-state index contributed by atoms with van der Waals surface area (Å²) in [6.45, 7) is 9.99. The normalized spacial score (nSPS) is 13.4. The molecule has 0 heterocycles. The van der Waals surface area contributed by atoms with Crippen molar-refractivity contribution in [2.45, 2.75) is 46.6 Å². The van der Waals surface area contributed by atoms with Gasteiger partial charge in [0.2, 0.25) is 0 Å². The average molecular weight is 284 g/mol. The Bertz CT molecular complexity index is 398. The van der Waals surface area contributed by atoms with Crippen molar-refractivity contribution >= 4 is 11.6 Å². The molecule has 0 radical (unpaired) electrons. The Hall–Kier alpha value is -0.730. The molecule has 108 valence electrons. The standard InChI is InChI=1S/C16H26ClNO/c1-6-9-18-14(11-16(2,3)4)12-7-8-15(19-5)13(17)10-12/h7-8,10,14,18H,6,9,11H2,1-5H3. The van der Waals surface area contributed by atoms with Crippen LogP contribution in [-0.4, -0.2) is 13.7 Å². The molecule has 0 spiro atoms. The van der Waals surface area contributed by atoms with Crippen LogP contribution in [0.3, 0.4) is 0 Å². The molecule has 1 rings (SSSR count). The molecule has 1 atom stereocenters. The number of nitrogens with one attached hydrogen (secondary N) is 1. The Kier molecular flexibility index (Phi) is 6.15. The van der Waals surface area contributed by atoms with E-state index in [0.717, 1.165) is 25.1 Å². The third-order valence-corrected chi connectivity index (χ3v) is 3.33. The summed E-state index contributed by atoms with van der Waals surface area (Å²) in [6.07, 6.45) is 2.21. The van der Waals surface area contributed by atoms with Gasteiger partial charge in [-0.1, -0.05) is 45.4 Å². The van der Waals surface area contributed by atoms with E-state index in [9.17, 15) is 0 Å². The molecule has 1 aromatic carbocycles. The summed E-state index contributed by atoms with van der Waals surface area (Å²) in [7, 11) is 1.64. The molecule has 0 aliphatic rings. The number of halogens is 1. The van der Waals surface area contributed by atoms with E-state index < -0.39 is 0 Å². The summed E-state index contributed by atoms with van der Waals surface area (Å²) in [5, 5.41) is 4.29. The molecular weight excluding hydrogens is 258 g/mol. The van der Waals surface area contributed by atoms with Crippen LogP contribution in [0.15, 0.2) is 18.2 Å². The Morgan fingerprint density at radius 2 is 2.00 bits per heavy atom. The summed E-state index contributed by atoms with van der Waals surface area (Å²) in [5.74, 6) is 0.732. The maximum Gasteiger partial charge on any atom is 0.137 e. The van der Waals surface area contributed by atoms with Crippen LogP contribution in [0.1, 0.15) is 52.1 Å². The topological polar surface area (TPSA) is 21.3 Å². The molecule has 0 bridgehead atoms. The van der Waals surface area contributed by atoms with E-state index in [0.29, 0.717) is 11.1 Å². The fourth-order valence-corrected chi connectivity index (χ4v) is 2.40. The van der Waals surface area contributed by atoms with Crippen molar-refractivity contribution in [3.8, 4) is 5.75 Å². The lowest BCUT2D eigenvalue weighted by molar-refractivity contribution is 0.311. The molecule has 19 heavy (non-hydrogen) atoms. The van der Waals surface area contributed by atoms with E-state index in [1.807, 2.05) is 12.1 Å². The molecule has 0 amide bonds. The van der Waals surface area contributed by atoms with Crippen LogP contribution < -0.4 is 10.1 Å². The van der Waals surface area contributed by atoms with Crippen molar-refractivity contribution < 1.29 is 4.74 Å². The molecule has 0 aromatic heterocycles. The van der Waals surface area contributed by atoms with Crippen molar-refractivity contribution in [1.29, 1.82) is 0 Å². The van der Waals surface area contributed by atoms with Crippen molar-refractivity contribution in [1.82, 2.24) is 5.32 Å². The Balaban J connectivity index is 2.93. The van der Waals surface area contributed by atoms with Crippen LogP contribution in [0.2, 0.25) is 5.02 Å². The highest BCUT2D eigenvalue weighted by atomic mass is 35.5. The summed E-state index contributed by atoms with van der Waals surface area (Å²) in [5.41, 5.74) is 1.51. The smallest absolute Gasteiger partial charge is 0.137 e.